The fraction of sp³-hybridized carbons (Fsp3) is 0.533. The van der Waals surface area contributed by atoms with Crippen molar-refractivity contribution >= 4 is 5.97 Å². The minimum absolute atomic E-state index is 0.0883. The predicted octanol–water partition coefficient (Wildman–Crippen LogP) is 3.05. The maximum Gasteiger partial charge on any atom is 0.307 e. The lowest BCUT2D eigenvalue weighted by Crippen LogP contribution is -2.37. The van der Waals surface area contributed by atoms with Crippen molar-refractivity contribution in [2.45, 2.75) is 46.3 Å². The molecule has 0 saturated heterocycles. The smallest absolute Gasteiger partial charge is 0.307 e. The third kappa shape index (κ3) is 4.49. The summed E-state index contributed by atoms with van der Waals surface area (Å²) >= 11 is 0. The summed E-state index contributed by atoms with van der Waals surface area (Å²) in [7, 11) is 0. The molecule has 3 heteroatoms. The maximum absolute atomic E-state index is 11.8. The molecule has 0 aliphatic heterocycles. The molecular formula is C15H23NO2. The highest BCUT2D eigenvalue weighted by molar-refractivity contribution is 5.70. The lowest BCUT2D eigenvalue weighted by molar-refractivity contribution is -0.149. The number of hydrogen-bond donors (Lipinski definition) is 1. The molecule has 0 heterocycles. The van der Waals surface area contributed by atoms with Crippen LogP contribution in [0.5, 0.6) is 0 Å². The first-order chi connectivity index (χ1) is 8.30. The molecular weight excluding hydrogens is 226 g/mol. The third-order valence-corrected chi connectivity index (χ3v) is 3.08. The summed E-state index contributed by atoms with van der Waals surface area (Å²) in [6, 6.07) is 9.51. The second kappa shape index (κ2) is 6.01. The quantitative estimate of drug-likeness (QED) is 0.834. The normalized spacial score (nSPS) is 14.9. The van der Waals surface area contributed by atoms with Crippen LogP contribution in [0, 0.1) is 5.41 Å². The molecule has 3 nitrogen and oxygen atoms in total. The zero-order chi connectivity index (χ0) is 13.8. The molecule has 1 aromatic rings. The van der Waals surface area contributed by atoms with Crippen molar-refractivity contribution in [2.75, 3.05) is 0 Å². The maximum atomic E-state index is 11.8. The Balaban J connectivity index is 2.51. The fourth-order valence-electron chi connectivity index (χ4n) is 1.52. The molecule has 0 spiro atoms. The standard InChI is InChI=1S/C15H23NO2/c1-11(12-8-6-5-7-9-12)18-14(17)10-13(16)15(2,3)4/h5-9,11,13H,10,16H2,1-4H3. The Bertz CT molecular complexity index is 381. The predicted molar refractivity (Wildman–Crippen MR) is 73.0 cm³/mol. The van der Waals surface area contributed by atoms with Crippen molar-refractivity contribution in [3.8, 4) is 0 Å². The van der Waals surface area contributed by atoms with E-state index in [0.29, 0.717) is 0 Å². The lowest BCUT2D eigenvalue weighted by Gasteiger charge is -2.26. The second-order valence-corrected chi connectivity index (χ2v) is 5.72. The monoisotopic (exact) mass is 249 g/mol. The Morgan fingerprint density at radius 2 is 1.83 bits per heavy atom. The van der Waals surface area contributed by atoms with Gasteiger partial charge in [-0.3, -0.25) is 4.79 Å². The fourth-order valence-corrected chi connectivity index (χ4v) is 1.52. The number of nitrogens with two attached hydrogens (primary N) is 1. The van der Waals surface area contributed by atoms with Crippen LogP contribution in [0.3, 0.4) is 0 Å². The van der Waals surface area contributed by atoms with Crippen molar-refractivity contribution in [2.24, 2.45) is 11.1 Å². The van der Waals surface area contributed by atoms with E-state index in [1.165, 1.54) is 0 Å². The number of benzene rings is 1. The molecule has 1 rings (SSSR count). The van der Waals surface area contributed by atoms with Crippen molar-refractivity contribution in [1.82, 2.24) is 0 Å². The van der Waals surface area contributed by atoms with Gasteiger partial charge in [0.15, 0.2) is 0 Å². The Labute approximate surface area is 109 Å². The molecule has 0 amide bonds. The van der Waals surface area contributed by atoms with Crippen LogP contribution in [-0.4, -0.2) is 12.0 Å². The lowest BCUT2D eigenvalue weighted by atomic mass is 9.85. The van der Waals surface area contributed by atoms with E-state index in [1.54, 1.807) is 0 Å². The second-order valence-electron chi connectivity index (χ2n) is 5.72. The first-order valence-corrected chi connectivity index (χ1v) is 6.30. The van der Waals surface area contributed by atoms with E-state index in [-0.39, 0.29) is 30.0 Å². The average molecular weight is 249 g/mol. The first-order valence-electron chi connectivity index (χ1n) is 6.30. The highest BCUT2D eigenvalue weighted by Crippen LogP contribution is 2.22. The summed E-state index contributed by atoms with van der Waals surface area (Å²) in [6.07, 6.45) is 0.0200. The summed E-state index contributed by atoms with van der Waals surface area (Å²) in [5, 5.41) is 0. The van der Waals surface area contributed by atoms with E-state index in [1.807, 2.05) is 58.0 Å². The van der Waals surface area contributed by atoms with Crippen LogP contribution in [0.25, 0.3) is 0 Å². The van der Waals surface area contributed by atoms with E-state index in [4.69, 9.17) is 10.5 Å². The highest BCUT2D eigenvalue weighted by atomic mass is 16.5. The van der Waals surface area contributed by atoms with Crippen molar-refractivity contribution in [3.05, 3.63) is 35.9 Å². The molecule has 1 aromatic carbocycles. The van der Waals surface area contributed by atoms with E-state index < -0.39 is 0 Å². The summed E-state index contributed by atoms with van der Waals surface area (Å²) < 4.78 is 5.38. The highest BCUT2D eigenvalue weighted by Gasteiger charge is 2.24. The minimum atomic E-state index is -0.242. The molecule has 0 aliphatic rings. The Hall–Kier alpha value is -1.35. The molecule has 2 unspecified atom stereocenters. The van der Waals surface area contributed by atoms with Gasteiger partial charge in [-0.15, -0.1) is 0 Å². The van der Waals surface area contributed by atoms with Gasteiger partial charge in [0, 0.05) is 6.04 Å². The number of esters is 1. The summed E-state index contributed by atoms with van der Waals surface area (Å²) in [6.45, 7) is 7.93. The minimum Gasteiger partial charge on any atom is -0.458 e. The van der Waals surface area contributed by atoms with Crippen molar-refractivity contribution in [3.63, 3.8) is 0 Å². The van der Waals surface area contributed by atoms with Crippen LogP contribution in [0.15, 0.2) is 30.3 Å². The van der Waals surface area contributed by atoms with Gasteiger partial charge in [-0.25, -0.2) is 0 Å². The molecule has 100 valence electrons. The number of ether oxygens (including phenoxy) is 1. The van der Waals surface area contributed by atoms with Gasteiger partial charge in [-0.2, -0.15) is 0 Å². The Kier molecular flexibility index (Phi) is 4.91. The van der Waals surface area contributed by atoms with Gasteiger partial charge in [0.1, 0.15) is 6.10 Å². The Morgan fingerprint density at radius 3 is 2.33 bits per heavy atom. The van der Waals surface area contributed by atoms with Crippen LogP contribution in [-0.2, 0) is 9.53 Å². The van der Waals surface area contributed by atoms with Gasteiger partial charge >= 0.3 is 5.97 Å². The SMILES string of the molecule is CC(OC(=O)CC(N)C(C)(C)C)c1ccccc1. The average Bonchev–Trinajstić information content (AvgIpc) is 2.28. The molecule has 0 aliphatic carbocycles. The molecule has 0 bridgehead atoms. The van der Waals surface area contributed by atoms with Crippen LogP contribution in [0.1, 0.15) is 45.8 Å². The summed E-state index contributed by atoms with van der Waals surface area (Å²) in [4.78, 5) is 11.8. The number of carbonyl (C=O) groups is 1. The zero-order valence-electron chi connectivity index (χ0n) is 11.6. The van der Waals surface area contributed by atoms with Crippen LogP contribution in [0.4, 0.5) is 0 Å². The van der Waals surface area contributed by atoms with Gasteiger partial charge in [0.05, 0.1) is 6.42 Å². The molecule has 18 heavy (non-hydrogen) atoms. The molecule has 0 saturated carbocycles. The molecule has 0 radical (unpaired) electrons. The topological polar surface area (TPSA) is 52.3 Å². The van der Waals surface area contributed by atoms with Gasteiger partial charge in [-0.1, -0.05) is 51.1 Å². The number of hydrogen-bond acceptors (Lipinski definition) is 3. The van der Waals surface area contributed by atoms with Crippen LogP contribution < -0.4 is 5.73 Å². The van der Waals surface area contributed by atoms with Gasteiger partial charge < -0.3 is 10.5 Å². The molecule has 2 atom stereocenters. The summed E-state index contributed by atoms with van der Waals surface area (Å²) in [5.41, 5.74) is 6.87. The Morgan fingerprint density at radius 1 is 1.28 bits per heavy atom. The van der Waals surface area contributed by atoms with Crippen LogP contribution in [0.2, 0.25) is 0 Å². The summed E-state index contributed by atoms with van der Waals surface area (Å²) in [5.74, 6) is -0.242. The molecule has 0 aromatic heterocycles. The third-order valence-electron chi connectivity index (χ3n) is 3.08. The molecule has 0 fully saturated rings. The van der Waals surface area contributed by atoms with Gasteiger partial charge in [0.25, 0.3) is 0 Å². The zero-order valence-corrected chi connectivity index (χ0v) is 11.6. The van der Waals surface area contributed by atoms with E-state index in [9.17, 15) is 4.79 Å². The van der Waals surface area contributed by atoms with E-state index >= 15 is 0 Å². The number of carbonyl (C=O) groups excluding carboxylic acids is 1. The van der Waals surface area contributed by atoms with E-state index in [2.05, 4.69) is 0 Å². The largest absolute Gasteiger partial charge is 0.458 e. The number of rotatable bonds is 4. The van der Waals surface area contributed by atoms with Crippen molar-refractivity contribution in [1.29, 1.82) is 0 Å². The molecule has 2 N–H and O–H groups in total. The first kappa shape index (κ1) is 14.7. The van der Waals surface area contributed by atoms with Crippen LogP contribution >= 0.6 is 0 Å². The van der Waals surface area contributed by atoms with Gasteiger partial charge in [-0.05, 0) is 17.9 Å². The van der Waals surface area contributed by atoms with E-state index in [0.717, 1.165) is 5.56 Å². The van der Waals surface area contributed by atoms with Gasteiger partial charge in [0.2, 0.25) is 0 Å². The van der Waals surface area contributed by atoms with Crippen molar-refractivity contribution < 1.29 is 9.53 Å².